The van der Waals surface area contributed by atoms with Gasteiger partial charge in [-0.1, -0.05) is 0 Å². The monoisotopic (exact) mass is 291 g/mol. The first-order chi connectivity index (χ1) is 9.88. The van der Waals surface area contributed by atoms with Crippen molar-refractivity contribution in [3.05, 3.63) is 59.2 Å². The summed E-state index contributed by atoms with van der Waals surface area (Å²) < 4.78 is 26.9. The molecule has 0 radical (unpaired) electrons. The summed E-state index contributed by atoms with van der Waals surface area (Å²) in [5, 5.41) is 2.24. The molecule has 0 unspecified atom stereocenters. The summed E-state index contributed by atoms with van der Waals surface area (Å²) in [5.41, 5.74) is 10.3. The minimum Gasteiger partial charge on any atom is -0.399 e. The highest BCUT2D eigenvalue weighted by atomic mass is 19.1. The number of nitrogen functional groups attached to an aromatic ring is 1. The van der Waals surface area contributed by atoms with Crippen LogP contribution in [0.1, 0.15) is 20.7 Å². The van der Waals surface area contributed by atoms with Crippen molar-refractivity contribution in [2.75, 3.05) is 11.1 Å². The van der Waals surface area contributed by atoms with Crippen LogP contribution in [0.2, 0.25) is 0 Å². The Balaban J connectivity index is 2.30. The van der Waals surface area contributed by atoms with Gasteiger partial charge < -0.3 is 16.8 Å². The molecular weight excluding hydrogens is 280 g/mol. The molecule has 7 heteroatoms. The molecule has 0 aromatic heterocycles. The molecule has 2 amide bonds. The molecule has 0 aliphatic rings. The third-order valence-corrected chi connectivity index (χ3v) is 2.74. The maximum Gasteiger partial charge on any atom is 0.255 e. The standard InChI is InChI=1S/C14H11F2N3O2/c15-10-6-11(16)12(5-9(10)13(18)20)19-14(21)7-1-3-8(17)4-2-7/h1-6H,17H2,(H2,18,20)(H,19,21). The molecule has 0 bridgehead atoms. The van der Waals surface area contributed by atoms with Crippen LogP contribution in [0.5, 0.6) is 0 Å². The molecule has 2 aromatic rings. The number of halogens is 2. The van der Waals surface area contributed by atoms with Crippen LogP contribution >= 0.6 is 0 Å². The molecule has 5 N–H and O–H groups in total. The Morgan fingerprint density at radius 1 is 1.00 bits per heavy atom. The van der Waals surface area contributed by atoms with Gasteiger partial charge in [-0.05, 0) is 30.3 Å². The zero-order valence-electron chi connectivity index (χ0n) is 10.7. The van der Waals surface area contributed by atoms with Crippen LogP contribution in [-0.4, -0.2) is 11.8 Å². The van der Waals surface area contributed by atoms with Gasteiger partial charge in [0.1, 0.15) is 11.6 Å². The second kappa shape index (κ2) is 5.58. The predicted octanol–water partition coefficient (Wildman–Crippen LogP) is 1.90. The average molecular weight is 291 g/mol. The average Bonchev–Trinajstić information content (AvgIpc) is 2.42. The number of rotatable bonds is 3. The van der Waals surface area contributed by atoms with Crippen molar-refractivity contribution < 1.29 is 18.4 Å². The van der Waals surface area contributed by atoms with Crippen LogP contribution < -0.4 is 16.8 Å². The number of hydrogen-bond acceptors (Lipinski definition) is 3. The number of anilines is 2. The normalized spacial score (nSPS) is 10.2. The summed E-state index contributed by atoms with van der Waals surface area (Å²) in [4.78, 5) is 22.9. The molecule has 0 saturated heterocycles. The maximum atomic E-state index is 13.6. The maximum absolute atomic E-state index is 13.6. The van der Waals surface area contributed by atoms with Gasteiger partial charge >= 0.3 is 0 Å². The molecule has 0 spiro atoms. The van der Waals surface area contributed by atoms with Crippen LogP contribution in [0.15, 0.2) is 36.4 Å². The van der Waals surface area contributed by atoms with E-state index < -0.39 is 29.0 Å². The van der Waals surface area contributed by atoms with Crippen LogP contribution in [-0.2, 0) is 0 Å². The molecule has 2 aromatic carbocycles. The summed E-state index contributed by atoms with van der Waals surface area (Å²) in [5.74, 6) is -3.79. The summed E-state index contributed by atoms with van der Waals surface area (Å²) in [7, 11) is 0. The van der Waals surface area contributed by atoms with Crippen molar-refractivity contribution >= 4 is 23.2 Å². The number of benzene rings is 2. The molecular formula is C14H11F2N3O2. The van der Waals surface area contributed by atoms with Gasteiger partial charge in [-0.15, -0.1) is 0 Å². The first-order valence-electron chi connectivity index (χ1n) is 5.84. The molecule has 0 fully saturated rings. The highest BCUT2D eigenvalue weighted by Crippen LogP contribution is 2.20. The molecule has 0 aliphatic carbocycles. The van der Waals surface area contributed by atoms with Gasteiger partial charge in [0.2, 0.25) is 0 Å². The number of hydrogen-bond donors (Lipinski definition) is 3. The number of carbonyl (C=O) groups is 2. The van der Waals surface area contributed by atoms with Gasteiger partial charge in [0.25, 0.3) is 11.8 Å². The minimum atomic E-state index is -1.09. The molecule has 21 heavy (non-hydrogen) atoms. The number of carbonyl (C=O) groups excluding carboxylic acids is 2. The number of nitrogens with one attached hydrogen (secondary N) is 1. The third kappa shape index (κ3) is 3.14. The molecule has 0 aliphatic heterocycles. The predicted molar refractivity (Wildman–Crippen MR) is 73.7 cm³/mol. The van der Waals surface area contributed by atoms with E-state index in [1.54, 1.807) is 0 Å². The van der Waals surface area contributed by atoms with Crippen LogP contribution in [0.4, 0.5) is 20.2 Å². The Hall–Kier alpha value is -2.96. The van der Waals surface area contributed by atoms with Crippen LogP contribution in [0.25, 0.3) is 0 Å². The van der Waals surface area contributed by atoms with E-state index in [-0.39, 0.29) is 11.3 Å². The highest BCUT2D eigenvalue weighted by molar-refractivity contribution is 6.05. The molecule has 108 valence electrons. The van der Waals surface area contributed by atoms with Gasteiger partial charge in [-0.2, -0.15) is 0 Å². The van der Waals surface area contributed by atoms with Crippen molar-refractivity contribution in [1.29, 1.82) is 0 Å². The van der Waals surface area contributed by atoms with Gasteiger partial charge in [-0.25, -0.2) is 8.78 Å². The fraction of sp³-hybridized carbons (Fsp3) is 0. The second-order valence-electron chi connectivity index (χ2n) is 4.25. The Labute approximate surface area is 118 Å². The van der Waals surface area contributed by atoms with Crippen molar-refractivity contribution in [1.82, 2.24) is 0 Å². The smallest absolute Gasteiger partial charge is 0.255 e. The van der Waals surface area contributed by atoms with Crippen molar-refractivity contribution in [2.45, 2.75) is 0 Å². The Morgan fingerprint density at radius 3 is 2.19 bits per heavy atom. The van der Waals surface area contributed by atoms with E-state index in [1.165, 1.54) is 24.3 Å². The summed E-state index contributed by atoms with van der Waals surface area (Å²) in [6.45, 7) is 0. The van der Waals surface area contributed by atoms with E-state index in [0.717, 1.165) is 6.07 Å². The molecule has 0 atom stereocenters. The molecule has 0 heterocycles. The lowest BCUT2D eigenvalue weighted by atomic mass is 10.1. The lowest BCUT2D eigenvalue weighted by molar-refractivity contribution is 0.0992. The minimum absolute atomic E-state index is 0.230. The second-order valence-corrected chi connectivity index (χ2v) is 4.25. The highest BCUT2D eigenvalue weighted by Gasteiger charge is 2.16. The molecule has 0 saturated carbocycles. The SMILES string of the molecule is NC(=O)c1cc(NC(=O)c2ccc(N)cc2)c(F)cc1F. The van der Waals surface area contributed by atoms with E-state index in [0.29, 0.717) is 11.8 Å². The van der Waals surface area contributed by atoms with Crippen molar-refractivity contribution in [3.63, 3.8) is 0 Å². The Morgan fingerprint density at radius 2 is 1.62 bits per heavy atom. The summed E-state index contributed by atoms with van der Waals surface area (Å²) >= 11 is 0. The van der Waals surface area contributed by atoms with Gasteiger partial charge in [0.15, 0.2) is 0 Å². The van der Waals surface area contributed by atoms with Gasteiger partial charge in [0.05, 0.1) is 11.3 Å². The van der Waals surface area contributed by atoms with Crippen LogP contribution in [0, 0.1) is 11.6 Å². The van der Waals surface area contributed by atoms with Crippen LogP contribution in [0.3, 0.4) is 0 Å². The van der Waals surface area contributed by atoms with Gasteiger partial charge in [0, 0.05) is 17.3 Å². The third-order valence-electron chi connectivity index (χ3n) is 2.74. The van der Waals surface area contributed by atoms with E-state index in [1.807, 2.05) is 0 Å². The first kappa shape index (κ1) is 14.4. The fourth-order valence-corrected chi connectivity index (χ4v) is 1.66. The summed E-state index contributed by atoms with van der Waals surface area (Å²) in [6.07, 6.45) is 0. The number of nitrogens with two attached hydrogens (primary N) is 2. The van der Waals surface area contributed by atoms with Gasteiger partial charge in [-0.3, -0.25) is 9.59 Å². The van der Waals surface area contributed by atoms with E-state index in [9.17, 15) is 18.4 Å². The lowest BCUT2D eigenvalue weighted by Gasteiger charge is -2.08. The van der Waals surface area contributed by atoms with Crippen molar-refractivity contribution in [3.8, 4) is 0 Å². The zero-order valence-corrected chi connectivity index (χ0v) is 10.7. The Kier molecular flexibility index (Phi) is 3.84. The fourth-order valence-electron chi connectivity index (χ4n) is 1.66. The topological polar surface area (TPSA) is 98.2 Å². The first-order valence-corrected chi connectivity index (χ1v) is 5.84. The zero-order chi connectivity index (χ0) is 15.6. The van der Waals surface area contributed by atoms with E-state index >= 15 is 0 Å². The summed E-state index contributed by atoms with van der Waals surface area (Å²) in [6, 6.07) is 7.23. The largest absolute Gasteiger partial charge is 0.399 e. The van der Waals surface area contributed by atoms with E-state index in [2.05, 4.69) is 5.32 Å². The molecule has 5 nitrogen and oxygen atoms in total. The Bertz CT molecular complexity index is 715. The van der Waals surface area contributed by atoms with Crippen molar-refractivity contribution in [2.24, 2.45) is 5.73 Å². The lowest BCUT2D eigenvalue weighted by Crippen LogP contribution is -2.17. The quantitative estimate of drug-likeness (QED) is 0.753. The number of primary amides is 1. The molecule has 2 rings (SSSR count). The number of amides is 2. The van der Waals surface area contributed by atoms with E-state index in [4.69, 9.17) is 11.5 Å².